The standard InChI is InChI=1S/C19H20ClN5O2/c20-14-8-6-12(7-9-14)16-10-25-15(11-26-16)17(22-24-25)19-21-18(23-27-19)13-4-2-1-3-5-13/h6-9,13,16H,1-5,10-11H2/t16-/m1/s1. The van der Waals surface area contributed by atoms with Crippen LogP contribution in [0.4, 0.5) is 0 Å². The molecular formula is C19H20ClN5O2. The molecule has 1 fully saturated rings. The zero-order chi connectivity index (χ0) is 18.2. The van der Waals surface area contributed by atoms with Crippen molar-refractivity contribution in [2.24, 2.45) is 0 Å². The maximum atomic E-state index is 6.04. The number of halogens is 1. The number of rotatable bonds is 3. The number of ether oxygens (including phenoxy) is 1. The molecule has 0 spiro atoms. The highest BCUT2D eigenvalue weighted by Crippen LogP contribution is 2.34. The molecule has 140 valence electrons. The van der Waals surface area contributed by atoms with E-state index in [1.807, 2.05) is 28.9 Å². The lowest BCUT2D eigenvalue weighted by atomic mass is 9.89. The van der Waals surface area contributed by atoms with Gasteiger partial charge in [0.15, 0.2) is 11.5 Å². The Labute approximate surface area is 161 Å². The summed E-state index contributed by atoms with van der Waals surface area (Å²) < 4.78 is 13.4. The van der Waals surface area contributed by atoms with Crippen LogP contribution in [-0.4, -0.2) is 25.1 Å². The minimum Gasteiger partial charge on any atom is -0.365 e. The van der Waals surface area contributed by atoms with Crippen molar-refractivity contribution in [2.75, 3.05) is 0 Å². The van der Waals surface area contributed by atoms with Crippen LogP contribution in [0.5, 0.6) is 0 Å². The molecule has 0 amide bonds. The van der Waals surface area contributed by atoms with Crippen LogP contribution < -0.4 is 0 Å². The second-order valence-corrected chi connectivity index (χ2v) is 7.65. The third-order valence-corrected chi connectivity index (χ3v) is 5.71. The first-order valence-corrected chi connectivity index (χ1v) is 9.79. The summed E-state index contributed by atoms with van der Waals surface area (Å²) in [5.74, 6) is 1.63. The molecule has 0 saturated heterocycles. The minimum absolute atomic E-state index is 0.0789. The van der Waals surface area contributed by atoms with Gasteiger partial charge in [-0.2, -0.15) is 4.98 Å². The summed E-state index contributed by atoms with van der Waals surface area (Å²) in [6.45, 7) is 0.990. The molecule has 3 heterocycles. The van der Waals surface area contributed by atoms with Gasteiger partial charge in [-0.1, -0.05) is 53.4 Å². The Bertz CT molecular complexity index is 930. The molecule has 1 saturated carbocycles. The molecule has 1 aromatic carbocycles. The molecular weight excluding hydrogens is 366 g/mol. The van der Waals surface area contributed by atoms with E-state index in [0.717, 1.165) is 29.9 Å². The molecule has 8 heteroatoms. The summed E-state index contributed by atoms with van der Waals surface area (Å²) in [6.07, 6.45) is 5.94. The maximum absolute atomic E-state index is 6.04. The summed E-state index contributed by atoms with van der Waals surface area (Å²) >= 11 is 5.97. The van der Waals surface area contributed by atoms with Gasteiger partial charge in [0, 0.05) is 10.9 Å². The van der Waals surface area contributed by atoms with E-state index >= 15 is 0 Å². The summed E-state index contributed by atoms with van der Waals surface area (Å²) in [6, 6.07) is 7.69. The van der Waals surface area contributed by atoms with Crippen molar-refractivity contribution < 1.29 is 9.26 Å². The lowest BCUT2D eigenvalue weighted by Crippen LogP contribution is -2.22. The summed E-state index contributed by atoms with van der Waals surface area (Å²) in [4.78, 5) is 4.61. The van der Waals surface area contributed by atoms with E-state index in [-0.39, 0.29) is 6.10 Å². The van der Waals surface area contributed by atoms with Crippen LogP contribution in [-0.2, 0) is 17.9 Å². The number of nitrogens with zero attached hydrogens (tertiary/aromatic N) is 5. The Kier molecular flexibility index (Phi) is 4.41. The topological polar surface area (TPSA) is 78.9 Å². The Morgan fingerprint density at radius 2 is 1.89 bits per heavy atom. The van der Waals surface area contributed by atoms with Gasteiger partial charge in [-0.25, -0.2) is 4.68 Å². The predicted molar refractivity (Wildman–Crippen MR) is 98.1 cm³/mol. The number of hydrogen-bond acceptors (Lipinski definition) is 6. The number of benzene rings is 1. The van der Waals surface area contributed by atoms with Crippen LogP contribution in [0.15, 0.2) is 28.8 Å². The zero-order valence-corrected chi connectivity index (χ0v) is 15.6. The smallest absolute Gasteiger partial charge is 0.280 e. The highest BCUT2D eigenvalue weighted by atomic mass is 35.5. The van der Waals surface area contributed by atoms with E-state index in [4.69, 9.17) is 20.9 Å². The summed E-state index contributed by atoms with van der Waals surface area (Å²) in [5, 5.41) is 13.5. The summed E-state index contributed by atoms with van der Waals surface area (Å²) in [7, 11) is 0. The Morgan fingerprint density at radius 3 is 2.70 bits per heavy atom. The average molecular weight is 386 g/mol. The molecule has 2 aliphatic rings. The van der Waals surface area contributed by atoms with Crippen molar-refractivity contribution in [3.8, 4) is 11.6 Å². The average Bonchev–Trinajstić information content (AvgIpc) is 3.36. The number of aromatic nitrogens is 5. The van der Waals surface area contributed by atoms with Gasteiger partial charge in [0.25, 0.3) is 5.89 Å². The van der Waals surface area contributed by atoms with Crippen molar-refractivity contribution in [2.45, 2.75) is 57.3 Å². The molecule has 27 heavy (non-hydrogen) atoms. The van der Waals surface area contributed by atoms with Gasteiger partial charge in [0.1, 0.15) is 6.10 Å². The lowest BCUT2D eigenvalue weighted by molar-refractivity contribution is -0.00117. The minimum atomic E-state index is -0.0789. The van der Waals surface area contributed by atoms with E-state index in [1.165, 1.54) is 19.3 Å². The normalized spacial score (nSPS) is 20.6. The number of fused-ring (bicyclic) bond motifs is 1. The van der Waals surface area contributed by atoms with E-state index in [0.29, 0.717) is 35.7 Å². The van der Waals surface area contributed by atoms with Crippen molar-refractivity contribution in [3.05, 3.63) is 46.4 Å². The van der Waals surface area contributed by atoms with Gasteiger partial charge in [0.05, 0.1) is 18.8 Å². The van der Waals surface area contributed by atoms with Crippen molar-refractivity contribution >= 4 is 11.6 Å². The van der Waals surface area contributed by atoms with E-state index in [2.05, 4.69) is 20.5 Å². The van der Waals surface area contributed by atoms with Gasteiger partial charge >= 0.3 is 0 Å². The van der Waals surface area contributed by atoms with E-state index in [9.17, 15) is 0 Å². The first-order chi connectivity index (χ1) is 13.3. The molecule has 7 nitrogen and oxygen atoms in total. The monoisotopic (exact) mass is 385 g/mol. The second kappa shape index (κ2) is 7.05. The Balaban J connectivity index is 1.37. The lowest BCUT2D eigenvalue weighted by Gasteiger charge is -2.24. The maximum Gasteiger partial charge on any atom is 0.280 e. The fourth-order valence-corrected chi connectivity index (χ4v) is 4.04. The fraction of sp³-hybridized carbons (Fsp3) is 0.474. The number of hydrogen-bond donors (Lipinski definition) is 0. The Hall–Kier alpha value is -2.25. The van der Waals surface area contributed by atoms with Crippen LogP contribution in [0, 0.1) is 0 Å². The van der Waals surface area contributed by atoms with E-state index in [1.54, 1.807) is 0 Å². The quantitative estimate of drug-likeness (QED) is 0.668. The first kappa shape index (κ1) is 16.9. The van der Waals surface area contributed by atoms with Crippen LogP contribution in [0.25, 0.3) is 11.6 Å². The molecule has 1 aliphatic carbocycles. The van der Waals surface area contributed by atoms with Gasteiger partial charge in [0.2, 0.25) is 0 Å². The van der Waals surface area contributed by atoms with Gasteiger partial charge in [-0.3, -0.25) is 0 Å². The zero-order valence-electron chi connectivity index (χ0n) is 14.8. The van der Waals surface area contributed by atoms with Crippen LogP contribution in [0.2, 0.25) is 5.02 Å². The van der Waals surface area contributed by atoms with Gasteiger partial charge in [-0.05, 0) is 30.5 Å². The Morgan fingerprint density at radius 1 is 1.07 bits per heavy atom. The molecule has 0 radical (unpaired) electrons. The third kappa shape index (κ3) is 3.26. The van der Waals surface area contributed by atoms with Crippen LogP contribution in [0.3, 0.4) is 0 Å². The summed E-state index contributed by atoms with van der Waals surface area (Å²) in [5.41, 5.74) is 2.57. The molecule has 1 aliphatic heterocycles. The molecule has 0 N–H and O–H groups in total. The third-order valence-electron chi connectivity index (χ3n) is 5.45. The molecule has 3 aromatic rings. The largest absolute Gasteiger partial charge is 0.365 e. The predicted octanol–water partition coefficient (Wildman–Crippen LogP) is 4.30. The molecule has 1 atom stereocenters. The van der Waals surface area contributed by atoms with Crippen LogP contribution >= 0.6 is 11.6 Å². The molecule has 0 unspecified atom stereocenters. The highest BCUT2D eigenvalue weighted by Gasteiger charge is 2.29. The van der Waals surface area contributed by atoms with Crippen molar-refractivity contribution in [1.82, 2.24) is 25.1 Å². The van der Waals surface area contributed by atoms with E-state index < -0.39 is 0 Å². The fourth-order valence-electron chi connectivity index (χ4n) is 3.91. The second-order valence-electron chi connectivity index (χ2n) is 7.21. The molecule has 0 bridgehead atoms. The highest BCUT2D eigenvalue weighted by molar-refractivity contribution is 6.30. The first-order valence-electron chi connectivity index (χ1n) is 9.41. The van der Waals surface area contributed by atoms with Gasteiger partial charge < -0.3 is 9.26 Å². The molecule has 2 aromatic heterocycles. The van der Waals surface area contributed by atoms with Crippen LogP contribution in [0.1, 0.15) is 61.2 Å². The van der Waals surface area contributed by atoms with Crippen molar-refractivity contribution in [1.29, 1.82) is 0 Å². The SMILES string of the molecule is Clc1ccc([C@H]2Cn3nnc(-c4nc(C5CCCCC5)no4)c3CO2)cc1. The van der Waals surface area contributed by atoms with Gasteiger partial charge in [-0.15, -0.1) is 5.10 Å². The molecule has 5 rings (SSSR count). The van der Waals surface area contributed by atoms with Crippen molar-refractivity contribution in [3.63, 3.8) is 0 Å².